The number of amides is 1. The lowest BCUT2D eigenvalue weighted by atomic mass is 10.1. The number of aryl methyl sites for hydroxylation is 1. The van der Waals surface area contributed by atoms with E-state index in [1.807, 2.05) is 12.1 Å². The van der Waals surface area contributed by atoms with Crippen LogP contribution in [-0.4, -0.2) is 74.2 Å². The predicted octanol–water partition coefficient (Wildman–Crippen LogP) is 1.32. The van der Waals surface area contributed by atoms with Crippen LogP contribution in [0.25, 0.3) is 10.9 Å². The van der Waals surface area contributed by atoms with Gasteiger partial charge in [0.05, 0.1) is 12.9 Å². The molecule has 1 aliphatic rings. The maximum absolute atomic E-state index is 12.6. The normalized spacial score (nSPS) is 16.1. The number of sulfonamides is 1. The number of hydrogen-bond acceptors (Lipinski definition) is 4. The number of methoxy groups -OCH3 is 1. The van der Waals surface area contributed by atoms with Gasteiger partial charge in [-0.05, 0) is 18.1 Å². The van der Waals surface area contributed by atoms with E-state index in [4.69, 9.17) is 4.74 Å². The van der Waals surface area contributed by atoms with Crippen molar-refractivity contribution < 1.29 is 17.9 Å². The molecule has 1 fully saturated rings. The van der Waals surface area contributed by atoms with E-state index in [1.165, 1.54) is 15.9 Å². The van der Waals surface area contributed by atoms with Gasteiger partial charge in [0, 0.05) is 63.4 Å². The number of aromatic nitrogens is 1. The van der Waals surface area contributed by atoms with E-state index < -0.39 is 10.0 Å². The van der Waals surface area contributed by atoms with E-state index in [0.29, 0.717) is 45.6 Å². The Hall–Kier alpha value is -1.90. The SMILES string of the molecule is COCCn1cc(CCC(=O)N2CCN(S(C)(=O)=O)CC2)c2ccccc21. The minimum absolute atomic E-state index is 0.0804. The first-order valence-corrected chi connectivity index (χ1v) is 11.0. The molecule has 1 saturated heterocycles. The van der Waals surface area contributed by atoms with Crippen molar-refractivity contribution in [2.75, 3.05) is 46.2 Å². The number of nitrogens with zero attached hydrogens (tertiary/aromatic N) is 3. The van der Waals surface area contributed by atoms with Gasteiger partial charge in [-0.15, -0.1) is 0 Å². The highest BCUT2D eigenvalue weighted by molar-refractivity contribution is 7.88. The molecular formula is C19H27N3O4S. The van der Waals surface area contributed by atoms with Gasteiger partial charge >= 0.3 is 0 Å². The first-order chi connectivity index (χ1) is 12.9. The van der Waals surface area contributed by atoms with E-state index in [1.54, 1.807) is 12.0 Å². The zero-order valence-electron chi connectivity index (χ0n) is 15.9. The number of ether oxygens (including phenoxy) is 1. The average Bonchev–Trinajstić information content (AvgIpc) is 3.02. The lowest BCUT2D eigenvalue weighted by molar-refractivity contribution is -0.132. The molecule has 0 bridgehead atoms. The highest BCUT2D eigenvalue weighted by Crippen LogP contribution is 2.23. The van der Waals surface area contributed by atoms with Gasteiger partial charge in [-0.3, -0.25) is 4.79 Å². The van der Waals surface area contributed by atoms with Gasteiger partial charge in [0.2, 0.25) is 15.9 Å². The van der Waals surface area contributed by atoms with Gasteiger partial charge in [-0.1, -0.05) is 18.2 Å². The van der Waals surface area contributed by atoms with E-state index in [-0.39, 0.29) is 5.91 Å². The van der Waals surface area contributed by atoms with Crippen LogP contribution in [0.2, 0.25) is 0 Å². The van der Waals surface area contributed by atoms with Crippen molar-refractivity contribution in [3.05, 3.63) is 36.0 Å². The number of carbonyl (C=O) groups excluding carboxylic acids is 1. The zero-order valence-corrected chi connectivity index (χ0v) is 16.7. The Morgan fingerprint density at radius 1 is 1.15 bits per heavy atom. The van der Waals surface area contributed by atoms with Crippen molar-refractivity contribution in [1.29, 1.82) is 0 Å². The highest BCUT2D eigenvalue weighted by atomic mass is 32.2. The van der Waals surface area contributed by atoms with Crippen LogP contribution in [0.5, 0.6) is 0 Å². The number of carbonyl (C=O) groups is 1. The Morgan fingerprint density at radius 3 is 2.52 bits per heavy atom. The lowest BCUT2D eigenvalue weighted by Crippen LogP contribution is -2.50. The van der Waals surface area contributed by atoms with Gasteiger partial charge in [0.1, 0.15) is 0 Å². The van der Waals surface area contributed by atoms with E-state index in [9.17, 15) is 13.2 Å². The number of fused-ring (bicyclic) bond motifs is 1. The molecule has 2 aromatic rings. The summed E-state index contributed by atoms with van der Waals surface area (Å²) in [7, 11) is -1.49. The van der Waals surface area contributed by atoms with Gasteiger partial charge < -0.3 is 14.2 Å². The smallest absolute Gasteiger partial charge is 0.222 e. The third kappa shape index (κ3) is 4.69. The monoisotopic (exact) mass is 393 g/mol. The molecule has 0 unspecified atom stereocenters. The quantitative estimate of drug-likeness (QED) is 0.711. The number of rotatable bonds is 7. The van der Waals surface area contributed by atoms with Crippen LogP contribution in [0.4, 0.5) is 0 Å². The fourth-order valence-electron chi connectivity index (χ4n) is 3.57. The molecule has 1 aromatic heterocycles. The Balaban J connectivity index is 1.62. The molecule has 1 aromatic carbocycles. The summed E-state index contributed by atoms with van der Waals surface area (Å²) in [6.07, 6.45) is 4.42. The molecule has 148 valence electrons. The molecule has 0 radical (unpaired) electrons. The zero-order chi connectivity index (χ0) is 19.4. The summed E-state index contributed by atoms with van der Waals surface area (Å²) in [4.78, 5) is 14.3. The van der Waals surface area contributed by atoms with Crippen LogP contribution in [-0.2, 0) is 32.5 Å². The maximum atomic E-state index is 12.6. The largest absolute Gasteiger partial charge is 0.383 e. The second-order valence-corrected chi connectivity index (χ2v) is 8.88. The number of piperazine rings is 1. The van der Waals surface area contributed by atoms with Gasteiger partial charge in [-0.2, -0.15) is 4.31 Å². The Labute approximate surface area is 160 Å². The van der Waals surface area contributed by atoms with Crippen molar-refractivity contribution in [2.24, 2.45) is 0 Å². The van der Waals surface area contributed by atoms with E-state index in [0.717, 1.165) is 17.6 Å². The fourth-order valence-corrected chi connectivity index (χ4v) is 4.39. The van der Waals surface area contributed by atoms with Crippen LogP contribution < -0.4 is 0 Å². The molecular weight excluding hydrogens is 366 g/mol. The second kappa shape index (κ2) is 8.41. The van der Waals surface area contributed by atoms with Crippen molar-refractivity contribution in [3.8, 4) is 0 Å². The molecule has 3 rings (SSSR count). The van der Waals surface area contributed by atoms with Crippen molar-refractivity contribution in [2.45, 2.75) is 19.4 Å². The van der Waals surface area contributed by atoms with Gasteiger partial charge in [-0.25, -0.2) is 8.42 Å². The third-order valence-corrected chi connectivity index (χ3v) is 6.38. The standard InChI is InChI=1S/C19H27N3O4S/c1-26-14-13-21-15-16(17-5-3-4-6-18(17)21)7-8-19(23)20-9-11-22(12-10-20)27(2,24)25/h3-6,15H,7-14H2,1-2H3. The maximum Gasteiger partial charge on any atom is 0.222 e. The first-order valence-electron chi connectivity index (χ1n) is 9.18. The summed E-state index contributed by atoms with van der Waals surface area (Å²) in [6.45, 7) is 3.09. The minimum atomic E-state index is -3.18. The minimum Gasteiger partial charge on any atom is -0.383 e. The highest BCUT2D eigenvalue weighted by Gasteiger charge is 2.25. The van der Waals surface area contributed by atoms with Gasteiger partial charge in [0.25, 0.3) is 0 Å². The number of para-hydroxylation sites is 1. The van der Waals surface area contributed by atoms with Crippen LogP contribution >= 0.6 is 0 Å². The van der Waals surface area contributed by atoms with Crippen LogP contribution in [0, 0.1) is 0 Å². The molecule has 0 spiro atoms. The molecule has 7 nitrogen and oxygen atoms in total. The molecule has 2 heterocycles. The molecule has 27 heavy (non-hydrogen) atoms. The second-order valence-electron chi connectivity index (χ2n) is 6.90. The van der Waals surface area contributed by atoms with Crippen molar-refractivity contribution in [1.82, 2.24) is 13.8 Å². The average molecular weight is 394 g/mol. The Kier molecular flexibility index (Phi) is 6.18. The van der Waals surface area contributed by atoms with E-state index >= 15 is 0 Å². The number of benzene rings is 1. The van der Waals surface area contributed by atoms with Crippen LogP contribution in [0.3, 0.4) is 0 Å². The Morgan fingerprint density at radius 2 is 1.85 bits per heavy atom. The predicted molar refractivity (Wildman–Crippen MR) is 105 cm³/mol. The molecule has 0 N–H and O–H groups in total. The van der Waals surface area contributed by atoms with Crippen molar-refractivity contribution >= 4 is 26.8 Å². The van der Waals surface area contributed by atoms with Crippen LogP contribution in [0.15, 0.2) is 30.5 Å². The molecule has 8 heteroatoms. The summed E-state index contributed by atoms with van der Waals surface area (Å²) < 4.78 is 32.0. The van der Waals surface area contributed by atoms with Crippen LogP contribution in [0.1, 0.15) is 12.0 Å². The summed E-state index contributed by atoms with van der Waals surface area (Å²) >= 11 is 0. The molecule has 0 aliphatic carbocycles. The third-order valence-electron chi connectivity index (χ3n) is 5.08. The molecule has 0 atom stereocenters. The molecule has 0 saturated carbocycles. The van der Waals surface area contributed by atoms with Crippen molar-refractivity contribution in [3.63, 3.8) is 0 Å². The van der Waals surface area contributed by atoms with Gasteiger partial charge in [0.15, 0.2) is 0 Å². The van der Waals surface area contributed by atoms with E-state index in [2.05, 4.69) is 22.9 Å². The molecule has 1 amide bonds. The lowest BCUT2D eigenvalue weighted by Gasteiger charge is -2.33. The molecule has 1 aliphatic heterocycles. The topological polar surface area (TPSA) is 71.8 Å². The number of hydrogen-bond donors (Lipinski definition) is 0. The summed E-state index contributed by atoms with van der Waals surface area (Å²) in [6, 6.07) is 8.20. The summed E-state index contributed by atoms with van der Waals surface area (Å²) in [5, 5.41) is 1.17. The fraction of sp³-hybridized carbons (Fsp3) is 0.526. The first kappa shape index (κ1) is 19.9. The summed E-state index contributed by atoms with van der Waals surface area (Å²) in [5.41, 5.74) is 2.31. The summed E-state index contributed by atoms with van der Waals surface area (Å²) in [5.74, 6) is 0.0804. The Bertz CT molecular complexity index is 899.